The predicted octanol–water partition coefficient (Wildman–Crippen LogP) is 5.22. The number of H-pyrrole nitrogens is 1. The Bertz CT molecular complexity index is 1030. The number of likely N-dealkylation sites (N-methyl/N-ethyl adjacent to an activating group) is 1. The Hall–Kier alpha value is -2.36. The zero-order chi connectivity index (χ0) is 21.2. The summed E-state index contributed by atoms with van der Waals surface area (Å²) in [5.74, 6) is 0.196. The van der Waals surface area contributed by atoms with Gasteiger partial charge in [-0.15, -0.1) is 0 Å². The molecule has 1 heterocycles. The zero-order valence-corrected chi connectivity index (χ0v) is 18.9. The van der Waals surface area contributed by atoms with Crippen molar-refractivity contribution >= 4 is 39.6 Å². The molecular formula is C21H23FIN3O3. The first-order chi connectivity index (χ1) is 13.6. The van der Waals surface area contributed by atoms with Crippen LogP contribution in [0.15, 0.2) is 36.4 Å². The van der Waals surface area contributed by atoms with Crippen molar-refractivity contribution < 1.29 is 18.7 Å². The third-order valence-electron chi connectivity index (χ3n) is 4.15. The number of carbonyl (C=O) groups excluding carboxylic acids is 1. The molecule has 0 fully saturated rings. The van der Waals surface area contributed by atoms with Gasteiger partial charge in [0.05, 0.1) is 12.1 Å². The molecule has 0 aliphatic heterocycles. The minimum atomic E-state index is -0.556. The van der Waals surface area contributed by atoms with E-state index in [2.05, 4.69) is 32.8 Å². The topological polar surface area (TPSA) is 67.5 Å². The summed E-state index contributed by atoms with van der Waals surface area (Å²) in [4.78, 5) is 13.5. The summed E-state index contributed by atoms with van der Waals surface area (Å²) in [6, 6.07) is 10.1. The van der Waals surface area contributed by atoms with Crippen LogP contribution in [0.5, 0.6) is 5.75 Å². The summed E-state index contributed by atoms with van der Waals surface area (Å²) in [6.45, 7) is 6.04. The molecule has 6 nitrogen and oxygen atoms in total. The second kappa shape index (κ2) is 8.56. The molecule has 0 spiro atoms. The van der Waals surface area contributed by atoms with E-state index in [4.69, 9.17) is 9.47 Å². The fourth-order valence-electron chi connectivity index (χ4n) is 2.72. The van der Waals surface area contributed by atoms with Crippen molar-refractivity contribution in [3.63, 3.8) is 0 Å². The average Bonchev–Trinajstić information content (AvgIpc) is 3.02. The molecule has 8 heteroatoms. The van der Waals surface area contributed by atoms with Crippen LogP contribution in [-0.2, 0) is 4.74 Å². The van der Waals surface area contributed by atoms with Gasteiger partial charge in [-0.3, -0.25) is 5.10 Å². The van der Waals surface area contributed by atoms with E-state index in [9.17, 15) is 9.18 Å². The van der Waals surface area contributed by atoms with E-state index in [-0.39, 0.29) is 12.4 Å². The molecule has 0 saturated carbocycles. The Morgan fingerprint density at radius 1 is 1.24 bits per heavy atom. The highest BCUT2D eigenvalue weighted by molar-refractivity contribution is 14.1. The van der Waals surface area contributed by atoms with Gasteiger partial charge in [0.25, 0.3) is 0 Å². The fourth-order valence-corrected chi connectivity index (χ4v) is 3.28. The van der Waals surface area contributed by atoms with E-state index >= 15 is 0 Å². The first-order valence-corrected chi connectivity index (χ1v) is 10.2. The molecule has 0 unspecified atom stereocenters. The maximum absolute atomic E-state index is 13.9. The lowest BCUT2D eigenvalue weighted by molar-refractivity contribution is 0.0278. The van der Waals surface area contributed by atoms with Crippen LogP contribution in [0.1, 0.15) is 20.8 Å². The van der Waals surface area contributed by atoms with Crippen molar-refractivity contribution in [1.82, 2.24) is 15.1 Å². The van der Waals surface area contributed by atoms with Crippen LogP contribution in [0.3, 0.4) is 0 Å². The Morgan fingerprint density at radius 3 is 2.72 bits per heavy atom. The minimum Gasteiger partial charge on any atom is -0.491 e. The van der Waals surface area contributed by atoms with Gasteiger partial charge >= 0.3 is 6.09 Å². The predicted molar refractivity (Wildman–Crippen MR) is 119 cm³/mol. The van der Waals surface area contributed by atoms with E-state index < -0.39 is 11.7 Å². The first kappa shape index (κ1) is 21.4. The van der Waals surface area contributed by atoms with E-state index in [1.165, 1.54) is 17.0 Å². The van der Waals surface area contributed by atoms with Crippen LogP contribution in [-0.4, -0.2) is 47.0 Å². The lowest BCUT2D eigenvalue weighted by Crippen LogP contribution is -2.36. The molecule has 1 N–H and O–H groups in total. The highest BCUT2D eigenvalue weighted by atomic mass is 127. The van der Waals surface area contributed by atoms with E-state index in [0.717, 1.165) is 20.2 Å². The van der Waals surface area contributed by atoms with Gasteiger partial charge in [0.2, 0.25) is 0 Å². The number of fused-ring (bicyclic) bond motifs is 1. The summed E-state index contributed by atoms with van der Waals surface area (Å²) in [5.41, 5.74) is 1.76. The lowest BCUT2D eigenvalue weighted by atomic mass is 10.0. The van der Waals surface area contributed by atoms with Gasteiger partial charge < -0.3 is 14.4 Å². The number of nitrogens with zero attached hydrogens (tertiary/aromatic N) is 2. The van der Waals surface area contributed by atoms with Crippen LogP contribution in [0.2, 0.25) is 0 Å². The van der Waals surface area contributed by atoms with Gasteiger partial charge in [-0.2, -0.15) is 5.10 Å². The largest absolute Gasteiger partial charge is 0.491 e. The summed E-state index contributed by atoms with van der Waals surface area (Å²) in [6.07, 6.45) is -0.416. The van der Waals surface area contributed by atoms with Crippen LogP contribution in [0.4, 0.5) is 9.18 Å². The van der Waals surface area contributed by atoms with Gasteiger partial charge in [0.15, 0.2) is 0 Å². The number of amides is 1. The number of aromatic nitrogens is 2. The fraction of sp³-hybridized carbons (Fsp3) is 0.333. The summed E-state index contributed by atoms with van der Waals surface area (Å²) in [7, 11) is 1.65. The molecule has 2 aromatic carbocycles. The summed E-state index contributed by atoms with van der Waals surface area (Å²) >= 11 is 2.18. The van der Waals surface area contributed by atoms with Gasteiger partial charge in [-0.05, 0) is 79.3 Å². The smallest absolute Gasteiger partial charge is 0.410 e. The maximum atomic E-state index is 13.9. The van der Waals surface area contributed by atoms with Gasteiger partial charge in [-0.1, -0.05) is 6.07 Å². The second-order valence-corrected chi connectivity index (χ2v) is 8.74. The Morgan fingerprint density at radius 2 is 2.00 bits per heavy atom. The number of nitrogens with one attached hydrogen (secondary N) is 1. The van der Waals surface area contributed by atoms with Crippen molar-refractivity contribution in [3.05, 3.63) is 45.9 Å². The molecule has 0 aliphatic rings. The summed E-state index contributed by atoms with van der Waals surface area (Å²) in [5, 5.41) is 8.11. The quantitative estimate of drug-likeness (QED) is 0.478. The average molecular weight is 511 g/mol. The van der Waals surface area contributed by atoms with E-state index in [1.807, 2.05) is 39.0 Å². The van der Waals surface area contributed by atoms with Crippen molar-refractivity contribution in [2.24, 2.45) is 0 Å². The van der Waals surface area contributed by atoms with E-state index in [0.29, 0.717) is 17.9 Å². The number of hydrogen-bond donors (Lipinski definition) is 1. The van der Waals surface area contributed by atoms with Crippen LogP contribution < -0.4 is 4.74 Å². The summed E-state index contributed by atoms with van der Waals surface area (Å²) < 4.78 is 26.1. The van der Waals surface area contributed by atoms with Crippen molar-refractivity contribution in [1.29, 1.82) is 0 Å². The molecular weight excluding hydrogens is 488 g/mol. The number of rotatable bonds is 5. The maximum Gasteiger partial charge on any atom is 0.410 e. The minimum absolute atomic E-state index is 0.250. The first-order valence-electron chi connectivity index (χ1n) is 9.14. The standard InChI is InChI=1S/C21H23FIN3O3/c1-21(2,3)29-20(27)26(4)9-10-28-18-8-6-14(22)12-15(18)13-5-7-17-16(11-13)19(23)25-24-17/h5-8,11-12H,9-10H2,1-4H3,(H,24,25). The number of halogens is 2. The molecule has 1 amide bonds. The van der Waals surface area contributed by atoms with Gasteiger partial charge in [-0.25, -0.2) is 9.18 Å². The Labute approximate surface area is 182 Å². The van der Waals surface area contributed by atoms with Crippen LogP contribution in [0, 0.1) is 9.52 Å². The van der Waals surface area contributed by atoms with Gasteiger partial charge in [0, 0.05) is 18.0 Å². The van der Waals surface area contributed by atoms with Gasteiger partial charge in [0.1, 0.15) is 27.5 Å². The number of benzene rings is 2. The highest BCUT2D eigenvalue weighted by Gasteiger charge is 2.19. The third kappa shape index (κ3) is 5.37. The number of carbonyl (C=O) groups is 1. The number of hydrogen-bond acceptors (Lipinski definition) is 4. The molecule has 0 radical (unpaired) electrons. The van der Waals surface area contributed by atoms with Crippen molar-refractivity contribution in [3.8, 4) is 16.9 Å². The molecule has 1 aromatic heterocycles. The number of ether oxygens (including phenoxy) is 2. The number of aromatic amines is 1. The molecule has 0 bridgehead atoms. The Balaban J connectivity index is 1.75. The van der Waals surface area contributed by atoms with Crippen LogP contribution in [0.25, 0.3) is 22.0 Å². The van der Waals surface area contributed by atoms with Crippen molar-refractivity contribution in [2.75, 3.05) is 20.2 Å². The monoisotopic (exact) mass is 511 g/mol. The van der Waals surface area contributed by atoms with Crippen LogP contribution >= 0.6 is 22.6 Å². The van der Waals surface area contributed by atoms with E-state index in [1.54, 1.807) is 13.1 Å². The normalized spacial score (nSPS) is 11.5. The second-order valence-electron chi connectivity index (χ2n) is 7.66. The Kier molecular flexibility index (Phi) is 6.30. The highest BCUT2D eigenvalue weighted by Crippen LogP contribution is 2.33. The molecule has 29 heavy (non-hydrogen) atoms. The SMILES string of the molecule is CN(CCOc1ccc(F)cc1-c1ccc2n[nH]c(I)c2c1)C(=O)OC(C)(C)C. The van der Waals surface area contributed by atoms with Crippen molar-refractivity contribution in [2.45, 2.75) is 26.4 Å². The molecule has 154 valence electrons. The molecule has 0 aliphatic carbocycles. The zero-order valence-electron chi connectivity index (χ0n) is 16.8. The molecule has 3 aromatic rings. The third-order valence-corrected chi connectivity index (χ3v) is 4.97. The molecule has 0 atom stereocenters. The molecule has 0 saturated heterocycles. The lowest BCUT2D eigenvalue weighted by Gasteiger charge is -2.24. The molecule has 3 rings (SSSR count).